The SMILES string of the molecule is CC(=O)Nc1ccc(S(=O)(=O)Oc2ccc(Cl)cc2CN(CC2CC2)C(=O)C(C)C)cc1. The van der Waals surface area contributed by atoms with Crippen molar-refractivity contribution in [2.75, 3.05) is 11.9 Å². The quantitative estimate of drug-likeness (QED) is 0.537. The fourth-order valence-corrected chi connectivity index (χ4v) is 4.40. The normalized spacial score (nSPS) is 13.7. The van der Waals surface area contributed by atoms with Crippen molar-refractivity contribution in [2.45, 2.75) is 45.1 Å². The van der Waals surface area contributed by atoms with Crippen molar-refractivity contribution in [2.24, 2.45) is 11.8 Å². The largest absolute Gasteiger partial charge is 0.379 e. The number of nitrogens with one attached hydrogen (secondary N) is 1. The Bertz CT molecular complexity index is 1100. The first-order valence-electron chi connectivity index (χ1n) is 10.4. The maximum Gasteiger partial charge on any atom is 0.339 e. The smallest absolute Gasteiger partial charge is 0.339 e. The molecule has 9 heteroatoms. The third-order valence-corrected chi connectivity index (χ3v) is 6.51. The second kappa shape index (κ2) is 9.92. The molecule has 3 rings (SSSR count). The number of rotatable bonds is 9. The number of amides is 2. The molecule has 0 aromatic heterocycles. The predicted molar refractivity (Wildman–Crippen MR) is 123 cm³/mol. The van der Waals surface area contributed by atoms with Crippen molar-refractivity contribution in [3.05, 3.63) is 53.1 Å². The summed E-state index contributed by atoms with van der Waals surface area (Å²) in [6.45, 7) is 5.88. The Morgan fingerprint density at radius 1 is 1.16 bits per heavy atom. The third-order valence-electron chi connectivity index (χ3n) is 5.03. The average molecular weight is 479 g/mol. The molecule has 0 heterocycles. The molecule has 32 heavy (non-hydrogen) atoms. The summed E-state index contributed by atoms with van der Waals surface area (Å²) in [4.78, 5) is 25.6. The minimum Gasteiger partial charge on any atom is -0.379 e. The molecule has 1 saturated carbocycles. The van der Waals surface area contributed by atoms with Crippen LogP contribution in [-0.4, -0.2) is 31.7 Å². The Morgan fingerprint density at radius 3 is 2.38 bits per heavy atom. The third kappa shape index (κ3) is 6.46. The van der Waals surface area contributed by atoms with Gasteiger partial charge in [-0.15, -0.1) is 0 Å². The number of carbonyl (C=O) groups is 2. The first kappa shape index (κ1) is 24.1. The standard InChI is InChI=1S/C23H27ClN2O5S/c1-15(2)23(28)26(13-17-4-5-17)14-18-12-19(24)6-11-22(18)31-32(29,30)21-9-7-20(8-10-21)25-16(3)27/h6-12,15,17H,4-5,13-14H2,1-3H3,(H,25,27). The number of hydrogen-bond acceptors (Lipinski definition) is 5. The highest BCUT2D eigenvalue weighted by molar-refractivity contribution is 7.87. The molecule has 0 atom stereocenters. The van der Waals surface area contributed by atoms with Crippen LogP contribution in [0, 0.1) is 11.8 Å². The van der Waals surface area contributed by atoms with Crippen molar-refractivity contribution in [1.82, 2.24) is 4.90 Å². The summed E-state index contributed by atoms with van der Waals surface area (Å²) in [5.74, 6) is 0.168. The van der Waals surface area contributed by atoms with Gasteiger partial charge >= 0.3 is 10.1 Å². The van der Waals surface area contributed by atoms with E-state index in [0.29, 0.717) is 28.7 Å². The molecule has 0 spiro atoms. The van der Waals surface area contributed by atoms with Crippen LogP contribution in [0.1, 0.15) is 39.2 Å². The molecule has 0 unspecified atom stereocenters. The van der Waals surface area contributed by atoms with E-state index in [-0.39, 0.29) is 34.9 Å². The fraction of sp³-hybridized carbons (Fsp3) is 0.391. The number of benzene rings is 2. The van der Waals surface area contributed by atoms with Gasteiger partial charge in [-0.2, -0.15) is 8.42 Å². The summed E-state index contributed by atoms with van der Waals surface area (Å²) in [6, 6.07) is 10.4. The van der Waals surface area contributed by atoms with Crippen molar-refractivity contribution in [1.29, 1.82) is 0 Å². The second-order valence-corrected chi connectivity index (χ2v) is 10.3. The van der Waals surface area contributed by atoms with E-state index < -0.39 is 10.1 Å². The molecule has 0 saturated heterocycles. The van der Waals surface area contributed by atoms with Gasteiger partial charge in [0.1, 0.15) is 10.6 Å². The van der Waals surface area contributed by atoms with Gasteiger partial charge in [-0.3, -0.25) is 9.59 Å². The molecular weight excluding hydrogens is 452 g/mol. The average Bonchev–Trinajstić information content (AvgIpc) is 3.53. The van der Waals surface area contributed by atoms with E-state index in [9.17, 15) is 18.0 Å². The van der Waals surface area contributed by atoms with E-state index in [2.05, 4.69) is 5.32 Å². The van der Waals surface area contributed by atoms with E-state index in [1.807, 2.05) is 13.8 Å². The zero-order chi connectivity index (χ0) is 23.5. The van der Waals surface area contributed by atoms with E-state index in [1.165, 1.54) is 37.3 Å². The van der Waals surface area contributed by atoms with Crippen LogP contribution >= 0.6 is 11.6 Å². The summed E-state index contributed by atoms with van der Waals surface area (Å²) < 4.78 is 31.2. The van der Waals surface area contributed by atoms with Crippen LogP contribution in [0.4, 0.5) is 5.69 Å². The van der Waals surface area contributed by atoms with Crippen molar-refractivity contribution in [3.8, 4) is 5.75 Å². The highest BCUT2D eigenvalue weighted by Crippen LogP contribution is 2.33. The summed E-state index contributed by atoms with van der Waals surface area (Å²) >= 11 is 6.16. The Balaban J connectivity index is 1.84. The lowest BCUT2D eigenvalue weighted by Gasteiger charge is -2.25. The van der Waals surface area contributed by atoms with E-state index >= 15 is 0 Å². The molecule has 1 fully saturated rings. The molecule has 172 valence electrons. The van der Waals surface area contributed by atoms with Gasteiger partial charge < -0.3 is 14.4 Å². The van der Waals surface area contributed by atoms with Crippen LogP contribution < -0.4 is 9.50 Å². The molecule has 0 bridgehead atoms. The Morgan fingerprint density at radius 2 is 1.81 bits per heavy atom. The van der Waals surface area contributed by atoms with Gasteiger partial charge in [0.15, 0.2) is 0 Å². The maximum atomic E-state index is 12.9. The summed E-state index contributed by atoms with van der Waals surface area (Å²) in [6.07, 6.45) is 2.17. The van der Waals surface area contributed by atoms with Gasteiger partial charge in [-0.25, -0.2) is 0 Å². The zero-order valence-electron chi connectivity index (χ0n) is 18.3. The van der Waals surface area contributed by atoms with Gasteiger partial charge in [0.2, 0.25) is 11.8 Å². The molecule has 2 amide bonds. The van der Waals surface area contributed by atoms with Crippen molar-refractivity contribution >= 4 is 39.2 Å². The molecule has 7 nitrogen and oxygen atoms in total. The van der Waals surface area contributed by atoms with Crippen LogP contribution in [0.15, 0.2) is 47.4 Å². The van der Waals surface area contributed by atoms with Crippen molar-refractivity contribution in [3.63, 3.8) is 0 Å². The first-order valence-corrected chi connectivity index (χ1v) is 12.2. The van der Waals surface area contributed by atoms with Crippen LogP contribution in [0.5, 0.6) is 5.75 Å². The molecule has 2 aromatic carbocycles. The summed E-state index contributed by atoms with van der Waals surface area (Å²) in [5.41, 5.74) is 0.997. The second-order valence-electron chi connectivity index (χ2n) is 8.31. The molecular formula is C23H27ClN2O5S. The van der Waals surface area contributed by atoms with Gasteiger partial charge in [0.25, 0.3) is 0 Å². The topological polar surface area (TPSA) is 92.8 Å². The maximum absolute atomic E-state index is 12.9. The zero-order valence-corrected chi connectivity index (χ0v) is 19.9. The lowest BCUT2D eigenvalue weighted by Crippen LogP contribution is -2.35. The number of anilines is 1. The minimum absolute atomic E-state index is 0.000701. The first-order chi connectivity index (χ1) is 15.0. The van der Waals surface area contributed by atoms with Crippen molar-refractivity contribution < 1.29 is 22.2 Å². The molecule has 0 radical (unpaired) electrons. The van der Waals surface area contributed by atoms with Gasteiger partial charge in [-0.1, -0.05) is 25.4 Å². The summed E-state index contributed by atoms with van der Waals surface area (Å²) in [7, 11) is -4.14. The van der Waals surface area contributed by atoms with Crippen LogP contribution in [0.2, 0.25) is 5.02 Å². The highest BCUT2D eigenvalue weighted by atomic mass is 35.5. The molecule has 1 N–H and O–H groups in total. The molecule has 2 aromatic rings. The van der Waals surface area contributed by atoms with Crippen LogP contribution in [-0.2, 0) is 26.3 Å². The molecule has 0 aliphatic heterocycles. The Labute approximate surface area is 193 Å². The number of carbonyl (C=O) groups excluding carboxylic acids is 2. The van der Waals surface area contributed by atoms with Gasteiger partial charge in [0, 0.05) is 42.2 Å². The highest BCUT2D eigenvalue weighted by Gasteiger charge is 2.29. The van der Waals surface area contributed by atoms with Crippen LogP contribution in [0.3, 0.4) is 0 Å². The predicted octanol–water partition coefficient (Wildman–Crippen LogP) is 4.46. The minimum atomic E-state index is -4.14. The lowest BCUT2D eigenvalue weighted by atomic mass is 10.1. The lowest BCUT2D eigenvalue weighted by molar-refractivity contribution is -0.135. The van der Waals surface area contributed by atoms with E-state index in [1.54, 1.807) is 17.0 Å². The Hall–Kier alpha value is -2.58. The Kier molecular flexibility index (Phi) is 7.46. The van der Waals surface area contributed by atoms with Crippen LogP contribution in [0.25, 0.3) is 0 Å². The van der Waals surface area contributed by atoms with E-state index in [4.69, 9.17) is 15.8 Å². The number of nitrogens with zero attached hydrogens (tertiary/aromatic N) is 1. The monoisotopic (exact) mass is 478 g/mol. The fourth-order valence-electron chi connectivity index (χ4n) is 3.24. The van der Waals surface area contributed by atoms with E-state index in [0.717, 1.165) is 12.8 Å². The number of halogens is 1. The van der Waals surface area contributed by atoms with Gasteiger partial charge in [-0.05, 0) is 61.2 Å². The molecule has 1 aliphatic carbocycles. The summed E-state index contributed by atoms with van der Waals surface area (Å²) in [5, 5.41) is 3.01. The number of hydrogen-bond donors (Lipinski definition) is 1. The molecule has 1 aliphatic rings. The van der Waals surface area contributed by atoms with Gasteiger partial charge in [0.05, 0.1) is 0 Å².